The normalized spacial score (nSPS) is 13.3. The van der Waals surface area contributed by atoms with Gasteiger partial charge in [-0.15, -0.1) is 0 Å². The van der Waals surface area contributed by atoms with E-state index in [1.807, 2.05) is 61.5 Å². The van der Waals surface area contributed by atoms with Gasteiger partial charge in [0.25, 0.3) is 0 Å². The molecule has 0 saturated heterocycles. The molecule has 2 aromatic rings. The van der Waals surface area contributed by atoms with Crippen molar-refractivity contribution in [2.75, 3.05) is 13.2 Å². The average Bonchev–Trinajstić information content (AvgIpc) is 2.88. The number of hydrogen-bond acceptors (Lipinski definition) is 6. The van der Waals surface area contributed by atoms with Gasteiger partial charge in [-0.2, -0.15) is 0 Å². The van der Waals surface area contributed by atoms with E-state index in [-0.39, 0.29) is 13.0 Å². The maximum atomic E-state index is 13.2. The average molecular weight is 516 g/mol. The number of esters is 1. The van der Waals surface area contributed by atoms with Crippen LogP contribution in [0.4, 0.5) is 0 Å². The summed E-state index contributed by atoms with van der Waals surface area (Å²) in [6.07, 6.45) is 5.69. The first-order valence-electron chi connectivity index (χ1n) is 12.3. The second-order valence-electron chi connectivity index (χ2n) is 8.62. The fraction of sp³-hybridized carbons (Fsp3) is 0.500. The zero-order chi connectivity index (χ0) is 26.1. The summed E-state index contributed by atoms with van der Waals surface area (Å²) in [5.41, 5.74) is 8.50. The van der Waals surface area contributed by atoms with E-state index < -0.39 is 22.8 Å². The van der Waals surface area contributed by atoms with Crippen LogP contribution in [0.1, 0.15) is 63.0 Å². The molecule has 0 aliphatic carbocycles. The van der Waals surface area contributed by atoms with Gasteiger partial charge in [-0.25, -0.2) is 9.52 Å². The van der Waals surface area contributed by atoms with E-state index in [4.69, 9.17) is 15.0 Å². The molecule has 1 unspecified atom stereocenters. The molecule has 196 valence electrons. The molecule has 10 heteroatoms. The van der Waals surface area contributed by atoms with Gasteiger partial charge < -0.3 is 14.0 Å². The Bertz CT molecular complexity index is 984. The number of unbranched alkanes of at least 4 members (excludes halogenated alkanes) is 4. The van der Waals surface area contributed by atoms with Crippen molar-refractivity contribution in [2.24, 2.45) is 5.11 Å². The third-order valence-corrected chi connectivity index (χ3v) is 6.31. The van der Waals surface area contributed by atoms with E-state index in [1.54, 1.807) is 0 Å². The molecule has 0 heterocycles. The van der Waals surface area contributed by atoms with Gasteiger partial charge >= 0.3 is 5.97 Å². The first-order valence-corrected chi connectivity index (χ1v) is 13.4. The standard InChI is InChI=1S/C26H36N4O5S/c1-2-3-17-26(29-36(32)33,25(31)35-21-23-11-7-6-8-12-23)20-22-13-15-24(16-14-22)34-19-10-5-4-9-18-28-30-27/h6-8,11-16,29H,2-5,9-10,17-21H2,1H3,(H,32,33)/p-1/t26-/m0/s1. The molecule has 0 saturated carbocycles. The third-order valence-electron chi connectivity index (χ3n) is 5.75. The maximum absolute atomic E-state index is 13.2. The number of carbonyl (C=O) groups is 1. The Labute approximate surface area is 215 Å². The molecule has 0 fully saturated rings. The van der Waals surface area contributed by atoms with Crippen LogP contribution in [0.15, 0.2) is 59.7 Å². The Morgan fingerprint density at radius 2 is 1.78 bits per heavy atom. The van der Waals surface area contributed by atoms with Gasteiger partial charge in [-0.3, -0.25) is 4.21 Å². The molecule has 2 aromatic carbocycles. The van der Waals surface area contributed by atoms with E-state index >= 15 is 0 Å². The Kier molecular flexibility index (Phi) is 13.6. The van der Waals surface area contributed by atoms with Crippen molar-refractivity contribution in [1.29, 1.82) is 0 Å². The molecule has 36 heavy (non-hydrogen) atoms. The first-order chi connectivity index (χ1) is 17.5. The van der Waals surface area contributed by atoms with Crippen LogP contribution >= 0.6 is 0 Å². The van der Waals surface area contributed by atoms with Gasteiger partial charge in [-0.1, -0.05) is 80.2 Å². The zero-order valence-electron chi connectivity index (χ0n) is 20.8. The fourth-order valence-electron chi connectivity index (χ4n) is 3.82. The highest BCUT2D eigenvalue weighted by atomic mass is 32.2. The summed E-state index contributed by atoms with van der Waals surface area (Å²) in [4.78, 5) is 16.0. The topological polar surface area (TPSA) is 136 Å². The van der Waals surface area contributed by atoms with Crippen molar-refractivity contribution in [2.45, 2.75) is 70.4 Å². The van der Waals surface area contributed by atoms with Crippen LogP contribution in [0.2, 0.25) is 0 Å². The molecule has 0 bridgehead atoms. The first kappa shape index (κ1) is 29.3. The third kappa shape index (κ3) is 10.8. The highest BCUT2D eigenvalue weighted by Crippen LogP contribution is 2.25. The van der Waals surface area contributed by atoms with Crippen LogP contribution in [0.5, 0.6) is 5.75 Å². The van der Waals surface area contributed by atoms with Gasteiger partial charge in [0.15, 0.2) is 0 Å². The molecular formula is C26H35N4O5S-. The van der Waals surface area contributed by atoms with Gasteiger partial charge in [-0.05, 0) is 48.1 Å². The number of ether oxygens (including phenoxy) is 2. The van der Waals surface area contributed by atoms with Crippen molar-refractivity contribution in [1.82, 2.24) is 4.72 Å². The number of rotatable bonds is 18. The van der Waals surface area contributed by atoms with Crippen LogP contribution < -0.4 is 9.46 Å². The minimum Gasteiger partial charge on any atom is -0.760 e. The summed E-state index contributed by atoms with van der Waals surface area (Å²) in [7, 11) is 0. The van der Waals surface area contributed by atoms with E-state index in [9.17, 15) is 13.6 Å². The number of hydrogen-bond donors (Lipinski definition) is 1. The molecule has 9 nitrogen and oxygen atoms in total. The lowest BCUT2D eigenvalue weighted by Gasteiger charge is -2.33. The van der Waals surface area contributed by atoms with Crippen molar-refractivity contribution in [3.05, 3.63) is 76.2 Å². The molecule has 2 rings (SSSR count). The Hall–Kier alpha value is -2.91. The van der Waals surface area contributed by atoms with E-state index in [0.717, 1.165) is 43.2 Å². The monoisotopic (exact) mass is 515 g/mol. The molecule has 0 aliphatic rings. The number of benzene rings is 2. The Morgan fingerprint density at radius 3 is 2.44 bits per heavy atom. The summed E-state index contributed by atoms with van der Waals surface area (Å²) < 4.78 is 37.2. The predicted octanol–water partition coefficient (Wildman–Crippen LogP) is 5.53. The van der Waals surface area contributed by atoms with Crippen molar-refractivity contribution in [3.63, 3.8) is 0 Å². The van der Waals surface area contributed by atoms with Crippen LogP contribution in [0.25, 0.3) is 10.4 Å². The molecule has 0 aromatic heterocycles. The molecule has 0 radical (unpaired) electrons. The molecule has 2 atom stereocenters. The molecule has 0 amide bonds. The second-order valence-corrected chi connectivity index (χ2v) is 9.30. The Balaban J connectivity index is 2.00. The number of nitrogens with zero attached hydrogens (tertiary/aromatic N) is 3. The quantitative estimate of drug-likeness (QED) is 0.0694. The molecular weight excluding hydrogens is 480 g/mol. The summed E-state index contributed by atoms with van der Waals surface area (Å²) in [5, 5.41) is 3.52. The fourth-order valence-corrected chi connectivity index (χ4v) is 4.39. The highest BCUT2D eigenvalue weighted by Gasteiger charge is 2.40. The smallest absolute Gasteiger partial charge is 0.327 e. The molecule has 0 spiro atoms. The second kappa shape index (κ2) is 16.7. The number of azide groups is 1. The summed E-state index contributed by atoms with van der Waals surface area (Å²) in [6, 6.07) is 16.6. The van der Waals surface area contributed by atoms with E-state index in [1.165, 1.54) is 0 Å². The van der Waals surface area contributed by atoms with Gasteiger partial charge in [0.05, 0.1) is 6.61 Å². The van der Waals surface area contributed by atoms with Crippen molar-refractivity contribution in [3.8, 4) is 5.75 Å². The van der Waals surface area contributed by atoms with Crippen molar-refractivity contribution >= 4 is 17.2 Å². The maximum Gasteiger partial charge on any atom is 0.327 e. The lowest BCUT2D eigenvalue weighted by Crippen LogP contribution is -2.55. The number of nitrogens with one attached hydrogen (secondary N) is 1. The van der Waals surface area contributed by atoms with Crippen LogP contribution in [-0.4, -0.2) is 33.4 Å². The van der Waals surface area contributed by atoms with Crippen molar-refractivity contribution < 1.29 is 23.0 Å². The van der Waals surface area contributed by atoms with Crippen LogP contribution in [-0.2, 0) is 33.8 Å². The lowest BCUT2D eigenvalue weighted by atomic mass is 9.86. The van der Waals surface area contributed by atoms with Gasteiger partial charge in [0.2, 0.25) is 0 Å². The largest absolute Gasteiger partial charge is 0.760 e. The zero-order valence-corrected chi connectivity index (χ0v) is 21.6. The van der Waals surface area contributed by atoms with E-state index in [0.29, 0.717) is 31.7 Å². The highest BCUT2D eigenvalue weighted by molar-refractivity contribution is 7.77. The van der Waals surface area contributed by atoms with E-state index in [2.05, 4.69) is 14.7 Å². The van der Waals surface area contributed by atoms with Gasteiger partial charge in [0.1, 0.15) is 17.9 Å². The molecule has 1 N–H and O–H groups in total. The minimum absolute atomic E-state index is 0.0685. The predicted molar refractivity (Wildman–Crippen MR) is 139 cm³/mol. The summed E-state index contributed by atoms with van der Waals surface area (Å²) in [6.45, 7) is 3.15. The molecule has 0 aliphatic heterocycles. The van der Waals surface area contributed by atoms with Crippen LogP contribution in [0, 0.1) is 0 Å². The minimum atomic E-state index is -2.64. The summed E-state index contributed by atoms with van der Waals surface area (Å²) in [5.74, 6) is 0.115. The SMILES string of the molecule is CCCC[C@@](Cc1ccc(OCCCCCCN=[N+]=[N-])cc1)(NS(=O)[O-])C(=O)OCc1ccccc1. The van der Waals surface area contributed by atoms with Crippen LogP contribution in [0.3, 0.4) is 0 Å². The number of carbonyl (C=O) groups excluding carboxylic acids is 1. The summed E-state index contributed by atoms with van der Waals surface area (Å²) >= 11 is -2.64. The lowest BCUT2D eigenvalue weighted by molar-refractivity contribution is -0.152. The Morgan fingerprint density at radius 1 is 1.06 bits per heavy atom. The van der Waals surface area contributed by atoms with Gasteiger partial charge in [0, 0.05) is 29.1 Å².